The first-order valence-electron chi connectivity index (χ1n) is 5.18. The first kappa shape index (κ1) is 15.4. The normalized spacial score (nSPS) is 11.4. The second kappa shape index (κ2) is 5.79. The molecule has 0 spiro atoms. The summed E-state index contributed by atoms with van der Waals surface area (Å²) in [5, 5.41) is 0.944. The Morgan fingerprint density at radius 2 is 1.65 bits per heavy atom. The molecule has 2 aromatic carbocycles. The van der Waals surface area contributed by atoms with Crippen molar-refractivity contribution < 1.29 is 17.2 Å². The molecule has 8 heteroatoms. The summed E-state index contributed by atoms with van der Waals surface area (Å²) >= 11 is 17.8. The SMILES string of the molecule is O=S(=O)(O)Oc1ccc(-c2ccc(Cl)cc2Cl)cc1Cl. The third-order valence-electron chi connectivity index (χ3n) is 2.37. The lowest BCUT2D eigenvalue weighted by Crippen LogP contribution is -2.06. The van der Waals surface area contributed by atoms with E-state index in [1.807, 2.05) is 0 Å². The Labute approximate surface area is 130 Å². The van der Waals surface area contributed by atoms with Gasteiger partial charge in [-0.3, -0.25) is 4.55 Å². The second-order valence-corrected chi connectivity index (χ2v) is 6.05. The minimum atomic E-state index is -4.62. The molecular weight excluding hydrogens is 347 g/mol. The van der Waals surface area contributed by atoms with Crippen LogP contribution in [0, 0.1) is 0 Å². The van der Waals surface area contributed by atoms with E-state index < -0.39 is 10.4 Å². The molecule has 0 saturated heterocycles. The Kier molecular flexibility index (Phi) is 4.46. The maximum atomic E-state index is 10.6. The standard InChI is InChI=1S/C12H7Cl3O4S/c13-8-2-3-9(10(14)6-8)7-1-4-12(11(15)5-7)19-20(16,17)18/h1-6H,(H,16,17,18). The van der Waals surface area contributed by atoms with Crippen LogP contribution in [0.4, 0.5) is 0 Å². The summed E-state index contributed by atoms with van der Waals surface area (Å²) in [7, 11) is -4.62. The molecule has 2 rings (SSSR count). The van der Waals surface area contributed by atoms with Crippen LogP contribution >= 0.6 is 34.8 Å². The summed E-state index contributed by atoms with van der Waals surface area (Å²) in [6.45, 7) is 0. The number of halogens is 3. The fourth-order valence-corrected chi connectivity index (χ4v) is 2.73. The van der Waals surface area contributed by atoms with Gasteiger partial charge in [0.05, 0.1) is 5.02 Å². The highest BCUT2D eigenvalue weighted by molar-refractivity contribution is 7.81. The van der Waals surface area contributed by atoms with Gasteiger partial charge in [-0.25, -0.2) is 0 Å². The largest absolute Gasteiger partial charge is 0.446 e. The second-order valence-electron chi connectivity index (χ2n) is 3.78. The van der Waals surface area contributed by atoms with E-state index in [4.69, 9.17) is 39.4 Å². The quantitative estimate of drug-likeness (QED) is 0.825. The molecule has 0 aliphatic carbocycles. The third kappa shape index (κ3) is 3.77. The van der Waals surface area contributed by atoms with E-state index >= 15 is 0 Å². The molecule has 0 aromatic heterocycles. The number of hydrogen-bond donors (Lipinski definition) is 1. The van der Waals surface area contributed by atoms with Crippen molar-refractivity contribution in [1.82, 2.24) is 0 Å². The fourth-order valence-electron chi connectivity index (χ4n) is 1.57. The van der Waals surface area contributed by atoms with Crippen LogP contribution in [0.15, 0.2) is 36.4 Å². The van der Waals surface area contributed by atoms with Crippen molar-refractivity contribution in [2.75, 3.05) is 0 Å². The van der Waals surface area contributed by atoms with Gasteiger partial charge in [0.25, 0.3) is 0 Å². The summed E-state index contributed by atoms with van der Waals surface area (Å²) in [4.78, 5) is 0. The van der Waals surface area contributed by atoms with Gasteiger partial charge < -0.3 is 4.18 Å². The van der Waals surface area contributed by atoms with Crippen LogP contribution in [0.25, 0.3) is 11.1 Å². The summed E-state index contributed by atoms with van der Waals surface area (Å²) in [6.07, 6.45) is 0. The van der Waals surface area contributed by atoms with E-state index in [9.17, 15) is 8.42 Å². The Balaban J connectivity index is 2.43. The number of rotatable bonds is 3. The van der Waals surface area contributed by atoms with Crippen LogP contribution in [0.1, 0.15) is 0 Å². The van der Waals surface area contributed by atoms with E-state index in [1.54, 1.807) is 24.3 Å². The van der Waals surface area contributed by atoms with E-state index in [2.05, 4.69) is 4.18 Å². The predicted molar refractivity (Wildman–Crippen MR) is 79.1 cm³/mol. The zero-order valence-corrected chi connectivity index (χ0v) is 12.8. The third-order valence-corrected chi connectivity index (χ3v) is 3.60. The molecule has 0 aliphatic rings. The van der Waals surface area contributed by atoms with E-state index in [0.29, 0.717) is 21.2 Å². The van der Waals surface area contributed by atoms with Crippen molar-refractivity contribution in [3.63, 3.8) is 0 Å². The molecule has 0 unspecified atom stereocenters. The van der Waals surface area contributed by atoms with Gasteiger partial charge in [0.2, 0.25) is 0 Å². The van der Waals surface area contributed by atoms with Crippen LogP contribution < -0.4 is 4.18 Å². The molecule has 0 radical (unpaired) electrons. The van der Waals surface area contributed by atoms with Gasteiger partial charge in [-0.05, 0) is 29.8 Å². The number of benzene rings is 2. The molecule has 2 aromatic rings. The van der Waals surface area contributed by atoms with Gasteiger partial charge in [0, 0.05) is 15.6 Å². The maximum absolute atomic E-state index is 10.6. The topological polar surface area (TPSA) is 63.6 Å². The minimum absolute atomic E-state index is 0.0196. The molecule has 20 heavy (non-hydrogen) atoms. The lowest BCUT2D eigenvalue weighted by atomic mass is 10.1. The molecule has 0 saturated carbocycles. The minimum Gasteiger partial charge on any atom is -0.360 e. The Morgan fingerprint density at radius 3 is 2.20 bits per heavy atom. The van der Waals surface area contributed by atoms with E-state index in [-0.39, 0.29) is 10.8 Å². The molecule has 0 bridgehead atoms. The molecule has 106 valence electrons. The van der Waals surface area contributed by atoms with Crippen molar-refractivity contribution >= 4 is 45.2 Å². The maximum Gasteiger partial charge on any atom is 0.446 e. The summed E-state index contributed by atoms with van der Waals surface area (Å²) in [5.74, 6) is -0.178. The van der Waals surface area contributed by atoms with Crippen molar-refractivity contribution in [3.05, 3.63) is 51.5 Å². The Morgan fingerprint density at radius 1 is 0.950 bits per heavy atom. The van der Waals surface area contributed by atoms with Crippen LogP contribution in [-0.2, 0) is 10.4 Å². The van der Waals surface area contributed by atoms with Crippen molar-refractivity contribution in [1.29, 1.82) is 0 Å². The van der Waals surface area contributed by atoms with E-state index in [1.165, 1.54) is 12.1 Å². The lowest BCUT2D eigenvalue weighted by Gasteiger charge is -2.08. The van der Waals surface area contributed by atoms with E-state index in [0.717, 1.165) is 0 Å². The average Bonchev–Trinajstić information content (AvgIpc) is 2.30. The molecule has 0 amide bonds. The summed E-state index contributed by atoms with van der Waals surface area (Å²) < 4.78 is 34.2. The van der Waals surface area contributed by atoms with Gasteiger partial charge in [0.15, 0.2) is 5.75 Å². The van der Waals surface area contributed by atoms with Crippen LogP contribution in [0.2, 0.25) is 15.1 Å². The first-order chi connectivity index (χ1) is 9.26. The average molecular weight is 354 g/mol. The first-order valence-corrected chi connectivity index (χ1v) is 7.68. The summed E-state index contributed by atoms with van der Waals surface area (Å²) in [5.41, 5.74) is 1.33. The monoisotopic (exact) mass is 352 g/mol. The summed E-state index contributed by atoms with van der Waals surface area (Å²) in [6, 6.07) is 9.29. The molecule has 0 fully saturated rings. The predicted octanol–water partition coefficient (Wildman–Crippen LogP) is 4.50. The smallest absolute Gasteiger partial charge is 0.360 e. The Bertz CT molecular complexity index is 759. The number of hydrogen-bond acceptors (Lipinski definition) is 3. The zero-order valence-electron chi connectivity index (χ0n) is 9.68. The van der Waals surface area contributed by atoms with Crippen LogP contribution in [0.5, 0.6) is 5.75 Å². The van der Waals surface area contributed by atoms with Crippen molar-refractivity contribution in [3.8, 4) is 16.9 Å². The van der Waals surface area contributed by atoms with Gasteiger partial charge >= 0.3 is 10.4 Å². The van der Waals surface area contributed by atoms with Crippen LogP contribution in [-0.4, -0.2) is 13.0 Å². The molecule has 0 atom stereocenters. The fraction of sp³-hybridized carbons (Fsp3) is 0. The van der Waals surface area contributed by atoms with Gasteiger partial charge in [-0.1, -0.05) is 46.9 Å². The van der Waals surface area contributed by atoms with Crippen LogP contribution in [0.3, 0.4) is 0 Å². The lowest BCUT2D eigenvalue weighted by molar-refractivity contribution is 0.387. The highest BCUT2D eigenvalue weighted by atomic mass is 35.5. The van der Waals surface area contributed by atoms with Gasteiger partial charge in [0.1, 0.15) is 0 Å². The molecular formula is C12H7Cl3O4S. The molecule has 1 N–H and O–H groups in total. The molecule has 4 nitrogen and oxygen atoms in total. The molecule has 0 aliphatic heterocycles. The highest BCUT2D eigenvalue weighted by Crippen LogP contribution is 2.35. The zero-order chi connectivity index (χ0) is 14.9. The Hall–Kier alpha value is -0.980. The van der Waals surface area contributed by atoms with Gasteiger partial charge in [-0.15, -0.1) is 0 Å². The van der Waals surface area contributed by atoms with Gasteiger partial charge in [-0.2, -0.15) is 8.42 Å². The molecule has 0 heterocycles. The van der Waals surface area contributed by atoms with Crippen molar-refractivity contribution in [2.24, 2.45) is 0 Å². The highest BCUT2D eigenvalue weighted by Gasteiger charge is 2.13. The van der Waals surface area contributed by atoms with Crippen molar-refractivity contribution in [2.45, 2.75) is 0 Å².